The van der Waals surface area contributed by atoms with E-state index in [1.54, 1.807) is 0 Å². The molecule has 0 saturated heterocycles. The van der Waals surface area contributed by atoms with E-state index in [0.29, 0.717) is 12.5 Å². The Morgan fingerprint density at radius 3 is 2.44 bits per heavy atom. The van der Waals surface area contributed by atoms with Crippen LogP contribution in [0.5, 0.6) is 0 Å². The topological polar surface area (TPSA) is 38.3 Å². The summed E-state index contributed by atoms with van der Waals surface area (Å²) in [5, 5.41) is 3.44. The van der Waals surface area contributed by atoms with Crippen LogP contribution in [0.3, 0.4) is 0 Å². The number of carbonyl (C=O) groups excluding carboxylic acids is 1. The van der Waals surface area contributed by atoms with E-state index in [-0.39, 0.29) is 5.97 Å². The first kappa shape index (κ1) is 13.5. The Balaban J connectivity index is 2.62. The van der Waals surface area contributed by atoms with Gasteiger partial charge in [-0.3, -0.25) is 4.79 Å². The summed E-state index contributed by atoms with van der Waals surface area (Å²) < 4.78 is 5.22. The molecule has 0 spiro atoms. The minimum absolute atomic E-state index is 0.0460. The first-order valence-corrected chi connectivity index (χ1v) is 6.53. The monoisotopic (exact) mass is 227 g/mol. The number of hydrogen-bond donors (Lipinski definition) is 1. The molecule has 1 aliphatic carbocycles. The lowest BCUT2D eigenvalue weighted by Gasteiger charge is -2.36. The molecule has 1 saturated carbocycles. The van der Waals surface area contributed by atoms with Crippen LogP contribution < -0.4 is 5.32 Å². The fourth-order valence-corrected chi connectivity index (χ4v) is 2.28. The SMILES string of the molecule is CCOC(=O)C1(NCC(C)C)CCCCC1. The molecule has 0 radical (unpaired) electrons. The van der Waals surface area contributed by atoms with Gasteiger partial charge >= 0.3 is 5.97 Å². The van der Waals surface area contributed by atoms with E-state index in [2.05, 4.69) is 19.2 Å². The number of ether oxygens (including phenoxy) is 1. The predicted octanol–water partition coefficient (Wildman–Crippen LogP) is 2.50. The van der Waals surface area contributed by atoms with Crippen LogP contribution in [0.2, 0.25) is 0 Å². The Morgan fingerprint density at radius 2 is 1.94 bits per heavy atom. The molecule has 0 aromatic rings. The Bertz CT molecular complexity index is 220. The zero-order valence-corrected chi connectivity index (χ0v) is 10.8. The summed E-state index contributed by atoms with van der Waals surface area (Å²) in [6.45, 7) is 7.56. The van der Waals surface area contributed by atoms with Crippen molar-refractivity contribution in [2.75, 3.05) is 13.2 Å². The molecule has 0 unspecified atom stereocenters. The van der Waals surface area contributed by atoms with Crippen molar-refractivity contribution in [3.05, 3.63) is 0 Å². The normalized spacial score (nSPS) is 19.8. The van der Waals surface area contributed by atoms with E-state index < -0.39 is 5.54 Å². The second-order valence-electron chi connectivity index (χ2n) is 5.14. The maximum Gasteiger partial charge on any atom is 0.326 e. The van der Waals surface area contributed by atoms with Crippen LogP contribution in [0.4, 0.5) is 0 Å². The molecule has 94 valence electrons. The minimum Gasteiger partial charge on any atom is -0.465 e. The Kier molecular flexibility index (Phi) is 5.26. The van der Waals surface area contributed by atoms with Crippen molar-refractivity contribution in [2.24, 2.45) is 5.92 Å². The Hall–Kier alpha value is -0.570. The molecule has 0 heterocycles. The smallest absolute Gasteiger partial charge is 0.326 e. The lowest BCUT2D eigenvalue weighted by atomic mass is 9.81. The molecule has 1 aliphatic rings. The highest BCUT2D eigenvalue weighted by molar-refractivity contribution is 5.81. The zero-order chi connectivity index (χ0) is 12.0. The first-order valence-electron chi connectivity index (χ1n) is 6.53. The molecule has 1 fully saturated rings. The maximum absolute atomic E-state index is 12.0. The molecule has 3 heteroatoms. The minimum atomic E-state index is -0.390. The number of hydrogen-bond acceptors (Lipinski definition) is 3. The van der Waals surface area contributed by atoms with Gasteiger partial charge in [0.05, 0.1) is 6.61 Å². The third-order valence-corrected chi connectivity index (χ3v) is 3.22. The molecule has 0 aromatic heterocycles. The van der Waals surface area contributed by atoms with Gasteiger partial charge in [-0.2, -0.15) is 0 Å². The van der Waals surface area contributed by atoms with Crippen molar-refractivity contribution in [1.29, 1.82) is 0 Å². The quantitative estimate of drug-likeness (QED) is 0.733. The molecule has 1 rings (SSSR count). The highest BCUT2D eigenvalue weighted by atomic mass is 16.5. The van der Waals surface area contributed by atoms with Gasteiger partial charge in [0.25, 0.3) is 0 Å². The van der Waals surface area contributed by atoms with Gasteiger partial charge in [0, 0.05) is 0 Å². The van der Waals surface area contributed by atoms with Gasteiger partial charge < -0.3 is 10.1 Å². The van der Waals surface area contributed by atoms with Gasteiger partial charge in [-0.1, -0.05) is 33.1 Å². The second-order valence-corrected chi connectivity index (χ2v) is 5.14. The summed E-state index contributed by atoms with van der Waals surface area (Å²) in [5.74, 6) is 0.517. The van der Waals surface area contributed by atoms with E-state index >= 15 is 0 Å². The van der Waals surface area contributed by atoms with Crippen LogP contribution in [0.1, 0.15) is 52.9 Å². The van der Waals surface area contributed by atoms with E-state index in [1.807, 2.05) is 6.92 Å². The average molecular weight is 227 g/mol. The third-order valence-electron chi connectivity index (χ3n) is 3.22. The van der Waals surface area contributed by atoms with Gasteiger partial charge in [-0.15, -0.1) is 0 Å². The summed E-state index contributed by atoms with van der Waals surface area (Å²) in [5.41, 5.74) is -0.390. The molecular formula is C13H25NO2. The van der Waals surface area contributed by atoms with Crippen LogP contribution in [-0.4, -0.2) is 24.7 Å². The fraction of sp³-hybridized carbons (Fsp3) is 0.923. The summed E-state index contributed by atoms with van der Waals surface area (Å²) in [7, 11) is 0. The Labute approximate surface area is 98.9 Å². The van der Waals surface area contributed by atoms with Crippen LogP contribution in [0.15, 0.2) is 0 Å². The molecule has 1 N–H and O–H groups in total. The van der Waals surface area contributed by atoms with E-state index in [0.717, 1.165) is 32.2 Å². The maximum atomic E-state index is 12.0. The largest absolute Gasteiger partial charge is 0.465 e. The van der Waals surface area contributed by atoms with Crippen molar-refractivity contribution >= 4 is 5.97 Å². The van der Waals surface area contributed by atoms with Crippen molar-refractivity contribution in [2.45, 2.75) is 58.4 Å². The summed E-state index contributed by atoms with van der Waals surface area (Å²) in [4.78, 5) is 12.0. The van der Waals surface area contributed by atoms with Crippen LogP contribution in [0, 0.1) is 5.92 Å². The molecule has 16 heavy (non-hydrogen) atoms. The molecule has 0 aromatic carbocycles. The van der Waals surface area contributed by atoms with E-state index in [9.17, 15) is 4.79 Å². The zero-order valence-electron chi connectivity index (χ0n) is 10.8. The Morgan fingerprint density at radius 1 is 1.31 bits per heavy atom. The van der Waals surface area contributed by atoms with Crippen molar-refractivity contribution < 1.29 is 9.53 Å². The molecule has 0 bridgehead atoms. The van der Waals surface area contributed by atoms with Crippen molar-refractivity contribution in [3.63, 3.8) is 0 Å². The first-order chi connectivity index (χ1) is 7.60. The predicted molar refractivity (Wildman–Crippen MR) is 65.3 cm³/mol. The molecule has 0 atom stereocenters. The summed E-state index contributed by atoms with van der Waals surface area (Å²) in [6, 6.07) is 0. The van der Waals surface area contributed by atoms with E-state index in [4.69, 9.17) is 4.74 Å². The average Bonchev–Trinajstić information content (AvgIpc) is 2.28. The second kappa shape index (κ2) is 6.24. The van der Waals surface area contributed by atoms with Crippen LogP contribution in [-0.2, 0) is 9.53 Å². The summed E-state index contributed by atoms with van der Waals surface area (Å²) >= 11 is 0. The molecular weight excluding hydrogens is 202 g/mol. The van der Waals surface area contributed by atoms with Crippen molar-refractivity contribution in [1.82, 2.24) is 5.32 Å². The highest BCUT2D eigenvalue weighted by Crippen LogP contribution is 2.29. The molecule has 0 amide bonds. The van der Waals surface area contributed by atoms with Gasteiger partial charge in [-0.05, 0) is 32.2 Å². The third kappa shape index (κ3) is 3.48. The van der Waals surface area contributed by atoms with Gasteiger partial charge in [0.15, 0.2) is 0 Å². The van der Waals surface area contributed by atoms with Gasteiger partial charge in [-0.25, -0.2) is 0 Å². The van der Waals surface area contributed by atoms with Gasteiger partial charge in [0.1, 0.15) is 5.54 Å². The number of esters is 1. The van der Waals surface area contributed by atoms with Crippen LogP contribution >= 0.6 is 0 Å². The fourth-order valence-electron chi connectivity index (χ4n) is 2.28. The lowest BCUT2D eigenvalue weighted by molar-refractivity contribution is -0.152. The van der Waals surface area contributed by atoms with Crippen LogP contribution in [0.25, 0.3) is 0 Å². The standard InChI is InChI=1S/C13H25NO2/c1-4-16-12(15)13(14-10-11(2)3)8-6-5-7-9-13/h11,14H,4-10H2,1-3H3. The highest BCUT2D eigenvalue weighted by Gasteiger charge is 2.40. The number of rotatable bonds is 5. The molecule has 0 aliphatic heterocycles. The number of carbonyl (C=O) groups is 1. The lowest BCUT2D eigenvalue weighted by Crippen LogP contribution is -2.55. The number of nitrogens with one attached hydrogen (secondary N) is 1. The van der Waals surface area contributed by atoms with Crippen molar-refractivity contribution in [3.8, 4) is 0 Å². The molecule has 3 nitrogen and oxygen atoms in total. The summed E-state index contributed by atoms with van der Waals surface area (Å²) in [6.07, 6.45) is 5.36. The van der Waals surface area contributed by atoms with Gasteiger partial charge in [0.2, 0.25) is 0 Å². The van der Waals surface area contributed by atoms with E-state index in [1.165, 1.54) is 6.42 Å².